The molecule has 1 aromatic heterocycles. The van der Waals surface area contributed by atoms with E-state index in [0.717, 1.165) is 3.68 Å². The fraction of sp³-hybridized carbons (Fsp3) is 0.190. The van der Waals surface area contributed by atoms with E-state index in [0.29, 0.717) is 22.6 Å². The molecule has 0 saturated heterocycles. The second-order valence-corrected chi connectivity index (χ2v) is 7.94. The van der Waals surface area contributed by atoms with E-state index < -0.39 is 32.5 Å². The van der Waals surface area contributed by atoms with Gasteiger partial charge in [-0.1, -0.05) is 0 Å². The summed E-state index contributed by atoms with van der Waals surface area (Å²) in [6.45, 7) is 1.77. The quantitative estimate of drug-likeness (QED) is 0.383. The third kappa shape index (κ3) is 5.17. The molecule has 0 unspecified atom stereocenters. The number of esters is 1. The summed E-state index contributed by atoms with van der Waals surface area (Å²) in [5.74, 6) is -0.525. The van der Waals surface area contributed by atoms with Gasteiger partial charge in [0.25, 0.3) is 0 Å². The number of hydrogen-bond acceptors (Lipinski definition) is 7. The van der Waals surface area contributed by atoms with Crippen molar-refractivity contribution >= 4 is 32.5 Å². The second kappa shape index (κ2) is 10.0. The van der Waals surface area contributed by atoms with Gasteiger partial charge in [-0.25, -0.2) is 0 Å². The summed E-state index contributed by atoms with van der Waals surface area (Å²) in [6, 6.07) is 12.9. The topological polar surface area (TPSA) is 109 Å². The predicted molar refractivity (Wildman–Crippen MR) is 111 cm³/mol. The Bertz CT molecular complexity index is 1160. The van der Waals surface area contributed by atoms with Gasteiger partial charge in [-0.3, -0.25) is 0 Å². The van der Waals surface area contributed by atoms with Gasteiger partial charge in [0, 0.05) is 0 Å². The molecule has 3 aromatic rings. The number of methoxy groups -OCH3 is 2. The van der Waals surface area contributed by atoms with Crippen LogP contribution in [0.1, 0.15) is 38.1 Å². The number of benzene rings is 2. The van der Waals surface area contributed by atoms with E-state index in [1.165, 1.54) is 14.2 Å². The van der Waals surface area contributed by atoms with Gasteiger partial charge >= 0.3 is 184 Å². The molecule has 0 bridgehead atoms. The number of hydrogen-bond donors (Lipinski definition) is 0. The summed E-state index contributed by atoms with van der Waals surface area (Å²) in [6.07, 6.45) is 0. The van der Waals surface area contributed by atoms with E-state index in [9.17, 15) is 14.4 Å². The van der Waals surface area contributed by atoms with Crippen LogP contribution in [0, 0.1) is 0 Å². The van der Waals surface area contributed by atoms with Gasteiger partial charge in [0.15, 0.2) is 0 Å². The predicted octanol–water partition coefficient (Wildman–Crippen LogP) is 1.56. The van der Waals surface area contributed by atoms with E-state index in [-0.39, 0.29) is 16.5 Å². The van der Waals surface area contributed by atoms with Crippen LogP contribution >= 0.6 is 0 Å². The molecule has 2 aromatic carbocycles. The van der Waals surface area contributed by atoms with Gasteiger partial charge < -0.3 is 0 Å². The molecule has 9 nitrogen and oxygen atoms in total. The zero-order chi connectivity index (χ0) is 22.4. The summed E-state index contributed by atoms with van der Waals surface area (Å²) in [5, 5.41) is 4.10. The van der Waals surface area contributed by atoms with Crippen LogP contribution in [0.3, 0.4) is 0 Å². The number of ether oxygens (including phenoxy) is 3. The zero-order valence-electron chi connectivity index (χ0n) is 17.0. The van der Waals surface area contributed by atoms with Crippen LogP contribution in [-0.4, -0.2) is 62.1 Å². The molecular formula is C21H19N3O6Se. The molecule has 0 aliphatic carbocycles. The van der Waals surface area contributed by atoms with Crippen molar-refractivity contribution < 1.29 is 28.6 Å². The van der Waals surface area contributed by atoms with Crippen LogP contribution in [-0.2, 0) is 4.74 Å². The fourth-order valence-electron chi connectivity index (χ4n) is 2.50. The molecule has 0 aliphatic rings. The molecule has 0 saturated carbocycles. The van der Waals surface area contributed by atoms with Crippen molar-refractivity contribution in [3.05, 3.63) is 69.6 Å². The number of carbonyl (C=O) groups excluding carboxylic acids is 3. The monoisotopic (exact) mass is 489 g/mol. The van der Waals surface area contributed by atoms with Gasteiger partial charge in [0.05, 0.1) is 0 Å². The van der Waals surface area contributed by atoms with Gasteiger partial charge in [-0.05, 0) is 0 Å². The molecular weight excluding hydrogens is 469 g/mol. The zero-order valence-corrected chi connectivity index (χ0v) is 18.7. The van der Waals surface area contributed by atoms with Gasteiger partial charge in [0.1, 0.15) is 0 Å². The van der Waals surface area contributed by atoms with E-state index in [2.05, 4.69) is 10.1 Å². The maximum atomic E-state index is 12.8. The van der Waals surface area contributed by atoms with Crippen LogP contribution in [0.2, 0.25) is 0 Å². The first-order valence-electron chi connectivity index (χ1n) is 9.16. The molecule has 10 heteroatoms. The van der Waals surface area contributed by atoms with Gasteiger partial charge in [-0.2, -0.15) is 0 Å². The summed E-state index contributed by atoms with van der Waals surface area (Å²) in [7, 11) is 3.05. The summed E-state index contributed by atoms with van der Waals surface area (Å²) in [4.78, 5) is 41.8. The first kappa shape index (κ1) is 22.2. The van der Waals surface area contributed by atoms with Gasteiger partial charge in [-0.15, -0.1) is 0 Å². The van der Waals surface area contributed by atoms with Crippen LogP contribution < -0.4 is 13.7 Å². The summed E-state index contributed by atoms with van der Waals surface area (Å²) < 4.78 is 16.4. The van der Waals surface area contributed by atoms with E-state index in [1.54, 1.807) is 55.5 Å². The van der Waals surface area contributed by atoms with Crippen molar-refractivity contribution in [2.45, 2.75) is 6.92 Å². The Kier molecular flexibility index (Phi) is 7.17. The molecule has 0 aliphatic heterocycles. The van der Waals surface area contributed by atoms with Crippen molar-refractivity contribution in [3.63, 3.8) is 0 Å². The number of aromatic nitrogens is 2. The minimum absolute atomic E-state index is 0.119. The maximum absolute atomic E-state index is 12.8. The molecule has 1 amide bonds. The van der Waals surface area contributed by atoms with Crippen molar-refractivity contribution in [2.24, 2.45) is 4.99 Å². The third-order valence-corrected chi connectivity index (χ3v) is 5.93. The SMILES string of the molecule is CCOC(=O)c1nn(C(=O)c2ccc(OC)cc2)[se]c1=NC(=O)c1ccc(OC)cc1. The number of amides is 1. The average molecular weight is 488 g/mol. The number of nitrogens with zero attached hydrogens (tertiary/aromatic N) is 3. The van der Waals surface area contributed by atoms with Crippen molar-refractivity contribution in [2.75, 3.05) is 20.8 Å². The molecule has 0 radical (unpaired) electrons. The van der Waals surface area contributed by atoms with Crippen LogP contribution in [0.5, 0.6) is 11.5 Å². The molecule has 0 atom stereocenters. The summed E-state index contributed by atoms with van der Waals surface area (Å²) >= 11 is -0.818. The fourth-order valence-corrected chi connectivity index (χ4v) is 4.20. The Morgan fingerprint density at radius 3 is 2.00 bits per heavy atom. The molecule has 0 N–H and O–H groups in total. The van der Waals surface area contributed by atoms with Crippen molar-refractivity contribution in [3.8, 4) is 11.5 Å². The molecule has 31 heavy (non-hydrogen) atoms. The Morgan fingerprint density at radius 1 is 0.935 bits per heavy atom. The van der Waals surface area contributed by atoms with Crippen LogP contribution in [0.25, 0.3) is 0 Å². The normalized spacial score (nSPS) is 11.1. The van der Waals surface area contributed by atoms with Crippen molar-refractivity contribution in [1.82, 2.24) is 8.78 Å². The Hall–Kier alpha value is -3.49. The van der Waals surface area contributed by atoms with Crippen LogP contribution in [0.15, 0.2) is 53.5 Å². The first-order chi connectivity index (χ1) is 15.0. The van der Waals surface area contributed by atoms with E-state index >= 15 is 0 Å². The van der Waals surface area contributed by atoms with E-state index in [4.69, 9.17) is 14.2 Å². The molecule has 160 valence electrons. The van der Waals surface area contributed by atoms with Crippen LogP contribution in [0.4, 0.5) is 0 Å². The number of carbonyl (C=O) groups is 3. The minimum atomic E-state index is -0.818. The summed E-state index contributed by atoms with van der Waals surface area (Å²) in [5.41, 5.74) is 0.523. The van der Waals surface area contributed by atoms with Gasteiger partial charge in [0.2, 0.25) is 0 Å². The van der Waals surface area contributed by atoms with Crippen molar-refractivity contribution in [1.29, 1.82) is 0 Å². The Balaban J connectivity index is 2.00. The number of rotatable bonds is 6. The molecule has 0 fully saturated rings. The Labute approximate surface area is 183 Å². The molecule has 1 heterocycles. The average Bonchev–Trinajstić information content (AvgIpc) is 3.22. The standard InChI is InChI=1S/C21H19N3O6Se/c1-4-30-21(27)17-19(22-18(25)13-5-9-15(28-2)10-6-13)31-24(23-17)20(26)14-7-11-16(29-3)12-8-14/h5-12H,4H2,1-3H3. The third-order valence-electron chi connectivity index (χ3n) is 4.09. The molecule has 3 rings (SSSR count). The van der Waals surface area contributed by atoms with E-state index in [1.807, 2.05) is 0 Å². The first-order valence-corrected chi connectivity index (χ1v) is 10.8. The second-order valence-electron chi connectivity index (χ2n) is 6.02. The molecule has 0 spiro atoms. The Morgan fingerprint density at radius 2 is 1.48 bits per heavy atom.